The van der Waals surface area contributed by atoms with Crippen LogP contribution in [0.1, 0.15) is 21.5 Å². The Balaban J connectivity index is 1.36. The summed E-state index contributed by atoms with van der Waals surface area (Å²) in [6.45, 7) is 0.546. The van der Waals surface area contributed by atoms with Crippen molar-refractivity contribution in [3.8, 4) is 5.75 Å². The fourth-order valence-corrected chi connectivity index (χ4v) is 3.95. The molecule has 4 rings (SSSR count). The number of hydrogen-bond acceptors (Lipinski definition) is 5. The first-order chi connectivity index (χ1) is 17.2. The average molecular weight is 566 g/mol. The smallest absolute Gasteiger partial charge is 0.271 e. The molecule has 12 heteroatoms. The third kappa shape index (κ3) is 6.27. The number of nitro groups is 1. The van der Waals surface area contributed by atoms with E-state index in [1.54, 1.807) is 47.3 Å². The van der Waals surface area contributed by atoms with Crippen molar-refractivity contribution in [1.29, 1.82) is 0 Å². The highest BCUT2D eigenvalue weighted by Crippen LogP contribution is 2.29. The van der Waals surface area contributed by atoms with E-state index >= 15 is 0 Å². The van der Waals surface area contributed by atoms with Gasteiger partial charge in [-0.15, -0.1) is 0 Å². The van der Waals surface area contributed by atoms with E-state index in [1.807, 2.05) is 6.07 Å². The minimum Gasteiger partial charge on any atom is -0.487 e. The molecular weight excluding hydrogens is 550 g/mol. The number of anilines is 1. The number of amides is 1. The number of benzene rings is 3. The summed E-state index contributed by atoms with van der Waals surface area (Å²) >= 11 is 24.3. The van der Waals surface area contributed by atoms with Crippen LogP contribution in [-0.4, -0.2) is 20.6 Å². The minimum atomic E-state index is -0.535. The highest BCUT2D eigenvalue weighted by molar-refractivity contribution is 6.42. The molecule has 0 saturated heterocycles. The van der Waals surface area contributed by atoms with Gasteiger partial charge in [-0.1, -0.05) is 64.6 Å². The quantitative estimate of drug-likeness (QED) is 0.179. The molecule has 0 saturated carbocycles. The number of carbonyl (C=O) groups is 1. The van der Waals surface area contributed by atoms with Crippen molar-refractivity contribution in [3.05, 3.63) is 114 Å². The van der Waals surface area contributed by atoms with E-state index < -0.39 is 4.92 Å². The number of aromatic nitrogens is 2. The van der Waals surface area contributed by atoms with Gasteiger partial charge in [0.2, 0.25) is 0 Å². The van der Waals surface area contributed by atoms with E-state index in [9.17, 15) is 14.9 Å². The summed E-state index contributed by atoms with van der Waals surface area (Å²) in [4.78, 5) is 23.0. The summed E-state index contributed by atoms with van der Waals surface area (Å²) in [5.41, 5.74) is 1.91. The molecule has 0 atom stereocenters. The fraction of sp³-hybridized carbons (Fsp3) is 0.0833. The molecule has 0 aliphatic carbocycles. The van der Waals surface area contributed by atoms with Gasteiger partial charge in [-0.05, 0) is 41.5 Å². The van der Waals surface area contributed by atoms with Crippen molar-refractivity contribution in [3.63, 3.8) is 0 Å². The van der Waals surface area contributed by atoms with Crippen molar-refractivity contribution < 1.29 is 14.5 Å². The zero-order valence-corrected chi connectivity index (χ0v) is 21.3. The van der Waals surface area contributed by atoms with Crippen LogP contribution in [0.5, 0.6) is 5.75 Å². The molecule has 0 spiro atoms. The Morgan fingerprint density at radius 3 is 2.31 bits per heavy atom. The molecule has 1 N–H and O–H groups in total. The number of non-ortho nitro benzene ring substituents is 1. The Kier molecular flexibility index (Phi) is 8.01. The van der Waals surface area contributed by atoms with E-state index in [1.165, 1.54) is 18.2 Å². The zero-order valence-electron chi connectivity index (χ0n) is 18.3. The molecule has 4 aromatic rings. The van der Waals surface area contributed by atoms with E-state index in [0.29, 0.717) is 27.9 Å². The average Bonchev–Trinajstić information content (AvgIpc) is 3.19. The molecule has 1 heterocycles. The molecule has 36 heavy (non-hydrogen) atoms. The SMILES string of the molecule is O=C(Nc1nn(Cc2ccc(Cl)c(Cl)c2)cc1Cl)c1ccc(COc2ccc([N+](=O)[O-])cc2Cl)cc1. The van der Waals surface area contributed by atoms with Gasteiger partial charge in [0.15, 0.2) is 5.82 Å². The minimum absolute atomic E-state index is 0.123. The Morgan fingerprint density at radius 2 is 1.64 bits per heavy atom. The van der Waals surface area contributed by atoms with Crippen molar-refractivity contribution in [1.82, 2.24) is 9.78 Å². The summed E-state index contributed by atoms with van der Waals surface area (Å²) in [7, 11) is 0. The lowest BCUT2D eigenvalue weighted by atomic mass is 10.1. The zero-order chi connectivity index (χ0) is 25.8. The molecule has 3 aromatic carbocycles. The highest BCUT2D eigenvalue weighted by Gasteiger charge is 2.14. The summed E-state index contributed by atoms with van der Waals surface area (Å²) in [6, 6.07) is 15.9. The second kappa shape index (κ2) is 11.2. The predicted molar refractivity (Wildman–Crippen MR) is 140 cm³/mol. The number of rotatable bonds is 8. The van der Waals surface area contributed by atoms with Gasteiger partial charge in [0.1, 0.15) is 17.4 Å². The lowest BCUT2D eigenvalue weighted by molar-refractivity contribution is -0.384. The summed E-state index contributed by atoms with van der Waals surface area (Å²) in [5, 5.41) is 19.2. The molecule has 184 valence electrons. The third-order valence-electron chi connectivity index (χ3n) is 5.01. The van der Waals surface area contributed by atoms with Crippen molar-refractivity contribution in [2.24, 2.45) is 0 Å². The maximum Gasteiger partial charge on any atom is 0.271 e. The van der Waals surface area contributed by atoms with Gasteiger partial charge in [-0.2, -0.15) is 5.10 Å². The van der Waals surface area contributed by atoms with E-state index in [4.69, 9.17) is 51.1 Å². The Morgan fingerprint density at radius 1 is 0.917 bits per heavy atom. The van der Waals surface area contributed by atoms with Crippen molar-refractivity contribution in [2.75, 3.05) is 5.32 Å². The van der Waals surface area contributed by atoms with Gasteiger partial charge in [0.05, 0.1) is 26.5 Å². The van der Waals surface area contributed by atoms with Crippen LogP contribution in [0.25, 0.3) is 0 Å². The first kappa shape index (κ1) is 25.8. The van der Waals surface area contributed by atoms with Gasteiger partial charge in [0, 0.05) is 23.9 Å². The summed E-state index contributed by atoms with van der Waals surface area (Å²) in [6.07, 6.45) is 1.60. The predicted octanol–water partition coefficient (Wildman–Crippen LogP) is 7.28. The second-order valence-corrected chi connectivity index (χ2v) is 9.21. The Hall–Kier alpha value is -3.30. The normalized spacial score (nSPS) is 10.8. The van der Waals surface area contributed by atoms with Gasteiger partial charge in [0.25, 0.3) is 11.6 Å². The first-order valence-corrected chi connectivity index (χ1v) is 11.8. The Bertz CT molecular complexity index is 1440. The highest BCUT2D eigenvalue weighted by atomic mass is 35.5. The van der Waals surface area contributed by atoms with Crippen LogP contribution in [-0.2, 0) is 13.2 Å². The summed E-state index contributed by atoms with van der Waals surface area (Å²) in [5.74, 6) is 0.153. The molecular formula is C24H16Cl4N4O4. The largest absolute Gasteiger partial charge is 0.487 e. The van der Waals surface area contributed by atoms with Crippen LogP contribution >= 0.6 is 46.4 Å². The Labute approximate surface area is 225 Å². The van der Waals surface area contributed by atoms with Gasteiger partial charge < -0.3 is 10.1 Å². The lowest BCUT2D eigenvalue weighted by Crippen LogP contribution is -2.13. The molecule has 0 unspecified atom stereocenters. The number of halogens is 4. The molecule has 1 aromatic heterocycles. The number of nitrogens with zero attached hydrogens (tertiary/aromatic N) is 3. The van der Waals surface area contributed by atoms with Crippen LogP contribution < -0.4 is 10.1 Å². The van der Waals surface area contributed by atoms with Gasteiger partial charge in [-0.3, -0.25) is 19.6 Å². The van der Waals surface area contributed by atoms with Crippen LogP contribution in [0.3, 0.4) is 0 Å². The molecule has 0 aliphatic rings. The summed E-state index contributed by atoms with van der Waals surface area (Å²) < 4.78 is 7.22. The molecule has 8 nitrogen and oxygen atoms in total. The number of carbonyl (C=O) groups excluding carboxylic acids is 1. The molecule has 0 bridgehead atoms. The molecule has 0 aliphatic heterocycles. The fourth-order valence-electron chi connectivity index (χ4n) is 3.20. The maximum atomic E-state index is 12.7. The lowest BCUT2D eigenvalue weighted by Gasteiger charge is -2.09. The number of nitrogens with one attached hydrogen (secondary N) is 1. The van der Waals surface area contributed by atoms with Crippen molar-refractivity contribution >= 4 is 63.8 Å². The molecule has 1 amide bonds. The number of hydrogen-bond donors (Lipinski definition) is 1. The maximum absolute atomic E-state index is 12.7. The van der Waals surface area contributed by atoms with E-state index in [0.717, 1.165) is 11.1 Å². The van der Waals surface area contributed by atoms with Crippen molar-refractivity contribution in [2.45, 2.75) is 13.2 Å². The van der Waals surface area contributed by atoms with Gasteiger partial charge in [-0.25, -0.2) is 0 Å². The van der Waals surface area contributed by atoms with Crippen LogP contribution in [0, 0.1) is 10.1 Å². The van der Waals surface area contributed by atoms with Crippen LogP contribution in [0.15, 0.2) is 66.9 Å². The number of nitro benzene ring substituents is 1. The van der Waals surface area contributed by atoms with Crippen LogP contribution in [0.2, 0.25) is 20.1 Å². The second-order valence-electron chi connectivity index (χ2n) is 7.58. The topological polar surface area (TPSA) is 99.3 Å². The molecule has 0 radical (unpaired) electrons. The monoisotopic (exact) mass is 564 g/mol. The third-order valence-corrected chi connectivity index (χ3v) is 6.33. The van der Waals surface area contributed by atoms with Crippen LogP contribution in [0.4, 0.5) is 11.5 Å². The van der Waals surface area contributed by atoms with E-state index in [-0.39, 0.29) is 34.1 Å². The standard InChI is InChI=1S/C24H16Cl4N4O4/c25-18-7-3-15(9-19(18)26)11-31-12-21(28)23(30-31)29-24(33)16-4-1-14(2-5-16)13-36-22-8-6-17(32(34)35)10-20(22)27/h1-10,12H,11,13H2,(H,29,30,33). The van der Waals surface area contributed by atoms with Gasteiger partial charge >= 0.3 is 0 Å². The molecule has 0 fully saturated rings. The van der Waals surface area contributed by atoms with E-state index in [2.05, 4.69) is 10.4 Å². The number of ether oxygens (including phenoxy) is 1. The first-order valence-electron chi connectivity index (χ1n) is 10.3.